The minimum atomic E-state index is 0.337. The Morgan fingerprint density at radius 1 is 0.281 bits per heavy atom. The molecule has 7 nitrogen and oxygen atoms in total. The van der Waals surface area contributed by atoms with E-state index in [9.17, 15) is 0 Å². The summed E-state index contributed by atoms with van der Waals surface area (Å²) in [5.74, 6) is 2.73. The first-order valence-corrected chi connectivity index (χ1v) is 23.5. The second kappa shape index (κ2) is 17.5. The number of likely N-dealkylation sites (tertiary alicyclic amines) is 5. The van der Waals surface area contributed by atoms with E-state index in [0.29, 0.717) is 49.6 Å². The van der Waals surface area contributed by atoms with E-state index >= 15 is 0 Å². The molecule has 7 heteroatoms. The highest BCUT2D eigenvalue weighted by atomic mass is 15.4. The van der Waals surface area contributed by atoms with Crippen molar-refractivity contribution in [3.8, 4) is 0 Å². The van der Waals surface area contributed by atoms with Crippen LogP contribution in [0.5, 0.6) is 0 Å². The van der Waals surface area contributed by atoms with Gasteiger partial charge in [-0.05, 0) is 169 Å². The molecular weight excluding hydrogens is 699 g/mol. The van der Waals surface area contributed by atoms with Gasteiger partial charge in [0.15, 0.2) is 0 Å². The molecule has 0 N–H and O–H groups in total. The molecule has 1 spiro atoms. The minimum absolute atomic E-state index is 0.337. The number of nitrogens with zero attached hydrogens (tertiary/aromatic N) is 7. The summed E-state index contributed by atoms with van der Waals surface area (Å²) in [4.78, 5) is 18.3. The predicted octanol–water partition coefficient (Wildman–Crippen LogP) is 9.61. The lowest BCUT2D eigenvalue weighted by Gasteiger charge is -2.66. The van der Waals surface area contributed by atoms with Crippen molar-refractivity contribution in [3.63, 3.8) is 0 Å². The third-order valence-corrected chi connectivity index (χ3v) is 14.6. The molecule has 0 aromatic carbocycles. The summed E-state index contributed by atoms with van der Waals surface area (Å²) in [5.41, 5.74) is 3.66. The van der Waals surface area contributed by atoms with E-state index < -0.39 is 0 Å². The predicted molar refractivity (Wildman–Crippen MR) is 252 cm³/mol. The van der Waals surface area contributed by atoms with E-state index in [1.54, 1.807) is 0 Å². The molecule has 6 aliphatic rings. The number of hydrogen-bond acceptors (Lipinski definition) is 7. The van der Waals surface area contributed by atoms with Gasteiger partial charge in [-0.1, -0.05) is 20.8 Å². The number of piperazine rings is 1. The standard InChI is InChI=1S/C14H28N2.C13H26N2.C12H26N2.C11H23N/c1-13(2,3)15-7-11-9-16(14(4,5)6)10-12(11)8-15;1-11(2,3)14-7-13(8-14)9-15(10-13)12(4,5)6;1-11(2,3)13-7-9-14(10-8-13)12(4,5)6;1-10(2,3)9-7-12(8-9)11(4,5)6/h11-12H,7-10H2,1-6H3;7-10H2,1-6H3;7-10H2,1-6H3;9H,7-8H2,1-6H3. The zero-order valence-corrected chi connectivity index (χ0v) is 43.3. The molecule has 0 atom stereocenters. The normalized spacial score (nSPS) is 26.9. The highest BCUT2D eigenvalue weighted by Crippen LogP contribution is 2.45. The second-order valence-electron chi connectivity index (χ2n) is 27.7. The summed E-state index contributed by atoms with van der Waals surface area (Å²) in [6.07, 6.45) is 0. The Morgan fingerprint density at radius 3 is 0.684 bits per heavy atom. The number of hydrogen-bond donors (Lipinski definition) is 0. The Morgan fingerprint density at radius 2 is 0.491 bits per heavy atom. The van der Waals surface area contributed by atoms with Gasteiger partial charge >= 0.3 is 0 Å². The van der Waals surface area contributed by atoms with Gasteiger partial charge in [-0.25, -0.2) is 0 Å². The molecule has 6 heterocycles. The molecule has 6 saturated heterocycles. The fourth-order valence-electron chi connectivity index (χ4n) is 9.39. The Balaban J connectivity index is 0.000000205. The van der Waals surface area contributed by atoms with Crippen molar-refractivity contribution < 1.29 is 0 Å². The van der Waals surface area contributed by atoms with Crippen LogP contribution in [0, 0.1) is 28.6 Å². The van der Waals surface area contributed by atoms with Crippen LogP contribution < -0.4 is 0 Å². The molecule has 6 fully saturated rings. The molecule has 0 radical (unpaired) electrons. The second-order valence-corrected chi connectivity index (χ2v) is 27.7. The van der Waals surface area contributed by atoms with E-state index in [1.165, 1.54) is 91.6 Å². The third kappa shape index (κ3) is 14.4. The van der Waals surface area contributed by atoms with Crippen molar-refractivity contribution >= 4 is 0 Å². The molecule has 0 saturated carbocycles. The molecule has 0 bridgehead atoms. The van der Waals surface area contributed by atoms with Crippen molar-refractivity contribution in [1.82, 2.24) is 34.3 Å². The van der Waals surface area contributed by atoms with Gasteiger partial charge in [0.1, 0.15) is 0 Å². The summed E-state index contributed by atoms with van der Waals surface area (Å²) in [6.45, 7) is 73.6. The van der Waals surface area contributed by atoms with Crippen LogP contribution in [0.1, 0.15) is 166 Å². The maximum absolute atomic E-state index is 2.67. The lowest BCUT2D eigenvalue weighted by Crippen LogP contribution is -2.76. The molecule has 0 aliphatic carbocycles. The average molecular weight is 802 g/mol. The summed E-state index contributed by atoms with van der Waals surface area (Å²) in [5, 5.41) is 0. The zero-order chi connectivity index (χ0) is 44.2. The molecule has 0 amide bonds. The van der Waals surface area contributed by atoms with Gasteiger partial charge in [0.05, 0.1) is 0 Å². The first-order valence-electron chi connectivity index (χ1n) is 23.5. The summed E-state index contributed by atoms with van der Waals surface area (Å²) < 4.78 is 0. The summed E-state index contributed by atoms with van der Waals surface area (Å²) in [7, 11) is 0. The lowest BCUT2D eigenvalue weighted by atomic mass is 9.69. The maximum atomic E-state index is 2.67. The smallest absolute Gasteiger partial charge is 0.0213 e. The molecule has 0 aromatic rings. The van der Waals surface area contributed by atoms with Gasteiger partial charge in [-0.2, -0.15) is 0 Å². The topological polar surface area (TPSA) is 22.7 Å². The first-order chi connectivity index (χ1) is 25.2. The molecule has 338 valence electrons. The van der Waals surface area contributed by atoms with E-state index in [-0.39, 0.29) is 0 Å². The van der Waals surface area contributed by atoms with Gasteiger partial charge in [0.2, 0.25) is 0 Å². The highest BCUT2D eigenvalue weighted by molar-refractivity contribution is 5.10. The van der Waals surface area contributed by atoms with Crippen LogP contribution in [0.2, 0.25) is 0 Å². The van der Waals surface area contributed by atoms with Crippen LogP contribution in [0.4, 0.5) is 0 Å². The van der Waals surface area contributed by atoms with Crippen molar-refractivity contribution in [2.45, 2.75) is 205 Å². The number of rotatable bonds is 0. The highest BCUT2D eigenvalue weighted by Gasteiger charge is 2.55. The maximum Gasteiger partial charge on any atom is 0.0213 e. The van der Waals surface area contributed by atoms with E-state index in [0.717, 1.165) is 17.8 Å². The summed E-state index contributed by atoms with van der Waals surface area (Å²) >= 11 is 0. The van der Waals surface area contributed by atoms with Crippen LogP contribution >= 0.6 is 0 Å². The molecule has 6 rings (SSSR count). The van der Waals surface area contributed by atoms with E-state index in [1.807, 2.05) is 0 Å². The van der Waals surface area contributed by atoms with Crippen molar-refractivity contribution in [1.29, 1.82) is 0 Å². The van der Waals surface area contributed by atoms with Crippen molar-refractivity contribution in [3.05, 3.63) is 0 Å². The molecule has 57 heavy (non-hydrogen) atoms. The van der Waals surface area contributed by atoms with E-state index in [2.05, 4.69) is 200 Å². The Labute approximate surface area is 358 Å². The monoisotopic (exact) mass is 802 g/mol. The van der Waals surface area contributed by atoms with E-state index in [4.69, 9.17) is 0 Å². The van der Waals surface area contributed by atoms with Crippen LogP contribution in [0.15, 0.2) is 0 Å². The van der Waals surface area contributed by atoms with Gasteiger partial charge < -0.3 is 0 Å². The SMILES string of the molecule is CC(C)(C)C1CN(C(C)(C)C)C1.CC(C)(C)N1CC2(C1)CN(C(C)(C)C)C2.CC(C)(C)N1CC2CN(C(C)(C)C)CC2C1.CC(C)(C)N1CCN(C(C)(C)C)CC1. The molecule has 6 aliphatic heterocycles. The van der Waals surface area contributed by atoms with Gasteiger partial charge in [0, 0.05) is 136 Å². The Bertz CT molecular complexity index is 1110. The van der Waals surface area contributed by atoms with Gasteiger partial charge in [-0.15, -0.1) is 0 Å². The first kappa shape index (κ1) is 51.1. The van der Waals surface area contributed by atoms with Crippen LogP contribution in [-0.2, 0) is 0 Å². The summed E-state index contributed by atoms with van der Waals surface area (Å²) in [6, 6.07) is 0. The fourth-order valence-corrected chi connectivity index (χ4v) is 9.39. The van der Waals surface area contributed by atoms with Crippen LogP contribution in [-0.4, -0.2) is 165 Å². The molecular formula is C50H103N7. The number of fused-ring (bicyclic) bond motifs is 1. The Hall–Kier alpha value is -0.280. The third-order valence-electron chi connectivity index (χ3n) is 14.6. The van der Waals surface area contributed by atoms with Crippen molar-refractivity contribution in [2.24, 2.45) is 28.6 Å². The minimum Gasteiger partial charge on any atom is -0.298 e. The molecule has 0 aromatic heterocycles. The van der Waals surface area contributed by atoms with Crippen LogP contribution in [0.3, 0.4) is 0 Å². The Kier molecular flexibility index (Phi) is 15.7. The zero-order valence-electron chi connectivity index (χ0n) is 43.3. The van der Waals surface area contributed by atoms with Gasteiger partial charge in [-0.3, -0.25) is 34.3 Å². The lowest BCUT2D eigenvalue weighted by molar-refractivity contribution is -0.167. The van der Waals surface area contributed by atoms with Crippen LogP contribution in [0.25, 0.3) is 0 Å². The largest absolute Gasteiger partial charge is 0.298 e. The van der Waals surface area contributed by atoms with Crippen molar-refractivity contribution in [2.75, 3.05) is 91.6 Å². The van der Waals surface area contributed by atoms with Gasteiger partial charge in [0.25, 0.3) is 0 Å². The fraction of sp³-hybridized carbons (Fsp3) is 1.00. The quantitative estimate of drug-likeness (QED) is 0.241. The average Bonchev–Trinajstić information content (AvgIpc) is 3.48. The molecule has 0 unspecified atom stereocenters.